The van der Waals surface area contributed by atoms with Gasteiger partial charge in [0.25, 0.3) is 0 Å². The highest BCUT2D eigenvalue weighted by atomic mass is 35.5. The van der Waals surface area contributed by atoms with Gasteiger partial charge in [0.05, 0.1) is 19.9 Å². The lowest BCUT2D eigenvalue weighted by Crippen LogP contribution is -2.50. The average Bonchev–Trinajstić information content (AvgIpc) is 2.70. The van der Waals surface area contributed by atoms with Crippen LogP contribution < -0.4 is 19.7 Å². The molecule has 6 nitrogen and oxygen atoms in total. The molecule has 2 amide bonds. The zero-order valence-electron chi connectivity index (χ0n) is 15.8. The van der Waals surface area contributed by atoms with Gasteiger partial charge in [0, 0.05) is 43.0 Å². The van der Waals surface area contributed by atoms with E-state index in [2.05, 4.69) is 10.2 Å². The molecule has 27 heavy (non-hydrogen) atoms. The Hall–Kier alpha value is -2.60. The Morgan fingerprint density at radius 2 is 1.70 bits per heavy atom. The second kappa shape index (κ2) is 8.39. The van der Waals surface area contributed by atoms with E-state index in [9.17, 15) is 4.79 Å². The van der Waals surface area contributed by atoms with Crippen molar-refractivity contribution < 1.29 is 14.3 Å². The highest BCUT2D eigenvalue weighted by molar-refractivity contribution is 6.31. The summed E-state index contributed by atoms with van der Waals surface area (Å²) in [5, 5.41) is 3.55. The summed E-state index contributed by atoms with van der Waals surface area (Å²) in [5.74, 6) is 1.39. The first-order valence-electron chi connectivity index (χ1n) is 8.81. The number of hydrogen-bond donors (Lipinski definition) is 1. The summed E-state index contributed by atoms with van der Waals surface area (Å²) < 4.78 is 10.5. The van der Waals surface area contributed by atoms with Crippen molar-refractivity contribution in [2.24, 2.45) is 0 Å². The Morgan fingerprint density at radius 3 is 2.30 bits per heavy atom. The molecule has 2 aromatic carbocycles. The Bertz CT molecular complexity index is 803. The zero-order chi connectivity index (χ0) is 19.4. The molecule has 0 radical (unpaired) electrons. The van der Waals surface area contributed by atoms with Gasteiger partial charge in [-0.2, -0.15) is 0 Å². The van der Waals surface area contributed by atoms with Crippen molar-refractivity contribution in [2.45, 2.75) is 6.92 Å². The van der Waals surface area contributed by atoms with E-state index < -0.39 is 0 Å². The fourth-order valence-corrected chi connectivity index (χ4v) is 3.24. The topological polar surface area (TPSA) is 54.0 Å². The Balaban J connectivity index is 1.61. The van der Waals surface area contributed by atoms with Crippen molar-refractivity contribution >= 4 is 29.0 Å². The third-order valence-electron chi connectivity index (χ3n) is 4.73. The molecule has 1 heterocycles. The van der Waals surface area contributed by atoms with Crippen molar-refractivity contribution in [3.05, 3.63) is 47.0 Å². The minimum atomic E-state index is -0.135. The lowest BCUT2D eigenvalue weighted by atomic mass is 10.2. The SMILES string of the molecule is COc1ccc(N2CCN(C(=O)Nc3cc(C)c(Cl)cc3OC)CC2)cc1. The van der Waals surface area contributed by atoms with Crippen LogP contribution in [-0.4, -0.2) is 51.3 Å². The number of aryl methyl sites for hydroxylation is 1. The molecule has 2 aromatic rings. The van der Waals surface area contributed by atoms with Crippen LogP contribution in [0, 0.1) is 6.92 Å². The Labute approximate surface area is 164 Å². The van der Waals surface area contributed by atoms with Crippen molar-refractivity contribution in [2.75, 3.05) is 50.6 Å². The standard InChI is InChI=1S/C20H24ClN3O3/c1-14-12-18(19(27-3)13-17(14)21)22-20(25)24-10-8-23(9-11-24)15-4-6-16(26-2)7-5-15/h4-7,12-13H,8-11H2,1-3H3,(H,22,25). The van der Waals surface area contributed by atoms with Crippen LogP contribution in [0.4, 0.5) is 16.2 Å². The van der Waals surface area contributed by atoms with Crippen molar-refractivity contribution in [3.8, 4) is 11.5 Å². The number of carbonyl (C=O) groups is 1. The maximum atomic E-state index is 12.6. The molecule has 0 aliphatic carbocycles. The second-order valence-corrected chi connectivity index (χ2v) is 6.81. The molecule has 0 bridgehead atoms. The highest BCUT2D eigenvalue weighted by Gasteiger charge is 2.22. The third-order valence-corrected chi connectivity index (χ3v) is 5.13. The summed E-state index contributed by atoms with van der Waals surface area (Å²) in [6.45, 7) is 4.73. The van der Waals surface area contributed by atoms with Gasteiger partial charge >= 0.3 is 6.03 Å². The van der Waals surface area contributed by atoms with Crippen LogP contribution in [-0.2, 0) is 0 Å². The average molecular weight is 390 g/mol. The maximum Gasteiger partial charge on any atom is 0.322 e. The van der Waals surface area contributed by atoms with E-state index in [0.29, 0.717) is 29.5 Å². The summed E-state index contributed by atoms with van der Waals surface area (Å²) in [7, 11) is 3.22. The van der Waals surface area contributed by atoms with Crippen molar-refractivity contribution in [3.63, 3.8) is 0 Å². The van der Waals surface area contributed by atoms with E-state index in [1.165, 1.54) is 0 Å². The van der Waals surface area contributed by atoms with Crippen LogP contribution in [0.3, 0.4) is 0 Å². The first-order chi connectivity index (χ1) is 13.0. The first-order valence-corrected chi connectivity index (χ1v) is 9.18. The number of piperazine rings is 1. The molecule has 0 saturated carbocycles. The van der Waals surface area contributed by atoms with Crippen LogP contribution in [0.2, 0.25) is 5.02 Å². The molecule has 1 N–H and O–H groups in total. The van der Waals surface area contributed by atoms with Crippen LogP contribution in [0.15, 0.2) is 36.4 Å². The fraction of sp³-hybridized carbons (Fsp3) is 0.350. The van der Waals surface area contributed by atoms with Crippen LogP contribution >= 0.6 is 11.6 Å². The molecule has 144 valence electrons. The van der Waals surface area contributed by atoms with Gasteiger partial charge in [0.15, 0.2) is 0 Å². The van der Waals surface area contributed by atoms with Crippen molar-refractivity contribution in [1.82, 2.24) is 4.90 Å². The largest absolute Gasteiger partial charge is 0.497 e. The Morgan fingerprint density at radius 1 is 1.04 bits per heavy atom. The second-order valence-electron chi connectivity index (χ2n) is 6.40. The molecule has 0 atom stereocenters. The molecular weight excluding hydrogens is 366 g/mol. The smallest absolute Gasteiger partial charge is 0.322 e. The normalized spacial score (nSPS) is 14.1. The van der Waals surface area contributed by atoms with Gasteiger partial charge in [-0.25, -0.2) is 4.79 Å². The van der Waals surface area contributed by atoms with Gasteiger partial charge in [0.2, 0.25) is 0 Å². The third kappa shape index (κ3) is 4.39. The number of methoxy groups -OCH3 is 2. The lowest BCUT2D eigenvalue weighted by Gasteiger charge is -2.36. The fourth-order valence-electron chi connectivity index (χ4n) is 3.08. The van der Waals surface area contributed by atoms with E-state index in [4.69, 9.17) is 21.1 Å². The maximum absolute atomic E-state index is 12.6. The number of halogens is 1. The Kier molecular flexibility index (Phi) is 5.96. The quantitative estimate of drug-likeness (QED) is 0.858. The molecule has 0 spiro atoms. The van der Waals surface area contributed by atoms with Crippen LogP contribution in [0.5, 0.6) is 11.5 Å². The van der Waals surface area contributed by atoms with E-state index in [-0.39, 0.29) is 6.03 Å². The van der Waals surface area contributed by atoms with Gasteiger partial charge in [0.1, 0.15) is 11.5 Å². The predicted octanol–water partition coefficient (Wildman–Crippen LogP) is 4.02. The van der Waals surface area contributed by atoms with Gasteiger partial charge in [-0.15, -0.1) is 0 Å². The molecule has 1 fully saturated rings. The van der Waals surface area contributed by atoms with E-state index >= 15 is 0 Å². The van der Waals surface area contributed by atoms with Gasteiger partial charge in [-0.3, -0.25) is 0 Å². The number of nitrogens with one attached hydrogen (secondary N) is 1. The lowest BCUT2D eigenvalue weighted by molar-refractivity contribution is 0.208. The summed E-state index contributed by atoms with van der Waals surface area (Å²) >= 11 is 6.13. The summed E-state index contributed by atoms with van der Waals surface area (Å²) in [5.41, 5.74) is 2.64. The number of rotatable bonds is 4. The summed E-state index contributed by atoms with van der Waals surface area (Å²) in [6.07, 6.45) is 0. The predicted molar refractivity (Wildman–Crippen MR) is 109 cm³/mol. The molecule has 7 heteroatoms. The van der Waals surface area contributed by atoms with Gasteiger partial charge < -0.3 is 24.6 Å². The molecular formula is C20H24ClN3O3. The monoisotopic (exact) mass is 389 g/mol. The van der Waals surface area contributed by atoms with Gasteiger partial charge in [-0.1, -0.05) is 11.6 Å². The van der Waals surface area contributed by atoms with Crippen molar-refractivity contribution in [1.29, 1.82) is 0 Å². The minimum absolute atomic E-state index is 0.135. The summed E-state index contributed by atoms with van der Waals surface area (Å²) in [6, 6.07) is 11.4. The van der Waals surface area contributed by atoms with E-state index in [1.807, 2.05) is 42.2 Å². The summed E-state index contributed by atoms with van der Waals surface area (Å²) in [4.78, 5) is 16.7. The number of amides is 2. The van der Waals surface area contributed by atoms with Crippen LogP contribution in [0.25, 0.3) is 0 Å². The van der Waals surface area contributed by atoms with Gasteiger partial charge in [-0.05, 0) is 42.8 Å². The van der Waals surface area contributed by atoms with E-state index in [0.717, 1.165) is 30.1 Å². The highest BCUT2D eigenvalue weighted by Crippen LogP contribution is 2.31. The zero-order valence-corrected chi connectivity index (χ0v) is 16.5. The number of anilines is 2. The van der Waals surface area contributed by atoms with Crippen LogP contribution in [0.1, 0.15) is 5.56 Å². The number of ether oxygens (including phenoxy) is 2. The first kappa shape index (κ1) is 19.2. The molecule has 0 unspecified atom stereocenters. The number of carbonyl (C=O) groups excluding carboxylic acids is 1. The molecule has 1 aliphatic rings. The molecule has 1 aliphatic heterocycles. The molecule has 1 saturated heterocycles. The number of urea groups is 1. The molecule has 3 rings (SSSR count). The number of nitrogens with zero attached hydrogens (tertiary/aromatic N) is 2. The number of benzene rings is 2. The molecule has 0 aromatic heterocycles. The van der Waals surface area contributed by atoms with E-state index in [1.54, 1.807) is 20.3 Å². The minimum Gasteiger partial charge on any atom is -0.497 e. The number of hydrogen-bond acceptors (Lipinski definition) is 4.